The lowest BCUT2D eigenvalue weighted by Gasteiger charge is -2.14. The van der Waals surface area contributed by atoms with Gasteiger partial charge in [0.25, 0.3) is 5.91 Å². The van der Waals surface area contributed by atoms with Gasteiger partial charge >= 0.3 is 5.97 Å². The van der Waals surface area contributed by atoms with Crippen molar-refractivity contribution < 1.29 is 14.3 Å². The van der Waals surface area contributed by atoms with Crippen molar-refractivity contribution in [1.29, 1.82) is 0 Å². The number of ether oxygens (including phenoxy) is 1. The van der Waals surface area contributed by atoms with Gasteiger partial charge in [0, 0.05) is 16.3 Å². The van der Waals surface area contributed by atoms with Gasteiger partial charge in [-0.3, -0.25) is 4.79 Å². The average Bonchev–Trinajstić information content (AvgIpc) is 3.06. The van der Waals surface area contributed by atoms with E-state index < -0.39 is 18.0 Å². The molecule has 1 heterocycles. The number of imidazole rings is 1. The molecule has 0 aliphatic carbocycles. The number of esters is 1. The van der Waals surface area contributed by atoms with Crippen LogP contribution in [0.25, 0.3) is 11.4 Å². The van der Waals surface area contributed by atoms with Gasteiger partial charge in [0.1, 0.15) is 5.82 Å². The second-order valence-electron chi connectivity index (χ2n) is 6.09. The summed E-state index contributed by atoms with van der Waals surface area (Å²) >= 11 is 11.9. The lowest BCUT2D eigenvalue weighted by atomic mass is 10.2. The largest absolute Gasteiger partial charge is 0.448 e. The number of halogens is 2. The van der Waals surface area contributed by atoms with Crippen LogP contribution in [0.1, 0.15) is 23.1 Å². The third kappa shape index (κ3) is 4.52. The number of aromatic nitrogens is 2. The highest BCUT2D eigenvalue weighted by atomic mass is 35.5. The lowest BCUT2D eigenvalue weighted by molar-refractivity contribution is -0.123. The molecule has 0 radical (unpaired) electrons. The van der Waals surface area contributed by atoms with Gasteiger partial charge in [-0.2, -0.15) is 0 Å². The minimum absolute atomic E-state index is 0.128. The molecule has 0 saturated heterocycles. The maximum absolute atomic E-state index is 12.5. The molecule has 3 aromatic rings. The number of amides is 1. The second-order valence-corrected chi connectivity index (χ2v) is 6.93. The van der Waals surface area contributed by atoms with Gasteiger partial charge in [-0.1, -0.05) is 53.5 Å². The highest BCUT2D eigenvalue weighted by Gasteiger charge is 2.23. The third-order valence-corrected chi connectivity index (χ3v) is 4.52. The standard InChI is InChI=1S/C20H17Cl2N3O3/c1-11-17(25-18(23-11)13-6-4-3-5-7-13)20(27)28-12(2)19(26)24-16-9-8-14(21)10-15(16)22/h3-10,12H,1-2H3,(H,23,25)(H,24,26)/t12-/m0/s1. The van der Waals surface area contributed by atoms with Crippen LogP contribution in [0.3, 0.4) is 0 Å². The Morgan fingerprint density at radius 1 is 1.14 bits per heavy atom. The molecule has 8 heteroatoms. The first-order valence-corrected chi connectivity index (χ1v) is 9.19. The predicted octanol–water partition coefficient (Wildman–Crippen LogP) is 4.88. The first-order chi connectivity index (χ1) is 13.3. The highest BCUT2D eigenvalue weighted by Crippen LogP contribution is 2.25. The number of anilines is 1. The number of H-pyrrole nitrogens is 1. The van der Waals surface area contributed by atoms with Crippen LogP contribution >= 0.6 is 23.2 Å². The molecule has 6 nitrogen and oxygen atoms in total. The molecule has 0 unspecified atom stereocenters. The minimum Gasteiger partial charge on any atom is -0.448 e. The van der Waals surface area contributed by atoms with Crippen LogP contribution in [-0.4, -0.2) is 27.9 Å². The van der Waals surface area contributed by atoms with Crippen molar-refractivity contribution in [2.75, 3.05) is 5.32 Å². The van der Waals surface area contributed by atoms with E-state index in [9.17, 15) is 9.59 Å². The first-order valence-electron chi connectivity index (χ1n) is 8.44. The third-order valence-electron chi connectivity index (χ3n) is 3.97. The van der Waals surface area contributed by atoms with E-state index in [1.165, 1.54) is 13.0 Å². The Kier molecular flexibility index (Phi) is 6.02. The summed E-state index contributed by atoms with van der Waals surface area (Å²) in [5.74, 6) is -0.662. The van der Waals surface area contributed by atoms with Gasteiger partial charge in [0.2, 0.25) is 0 Å². The first kappa shape index (κ1) is 19.9. The smallest absolute Gasteiger partial charge is 0.359 e. The van der Waals surface area contributed by atoms with Crippen LogP contribution in [0.15, 0.2) is 48.5 Å². The number of rotatable bonds is 5. The van der Waals surface area contributed by atoms with E-state index in [-0.39, 0.29) is 10.7 Å². The van der Waals surface area contributed by atoms with Crippen molar-refractivity contribution in [3.05, 3.63) is 70.0 Å². The molecule has 0 spiro atoms. The Labute approximate surface area is 171 Å². The summed E-state index contributed by atoms with van der Waals surface area (Å²) in [6, 6.07) is 14.1. The van der Waals surface area contributed by atoms with Crippen molar-refractivity contribution in [1.82, 2.24) is 9.97 Å². The zero-order valence-corrected chi connectivity index (χ0v) is 16.6. The molecule has 0 bridgehead atoms. The molecule has 3 rings (SSSR count). The Hall–Kier alpha value is -2.83. The van der Waals surface area contributed by atoms with E-state index in [2.05, 4.69) is 15.3 Å². The molecule has 2 N–H and O–H groups in total. The molecule has 1 amide bonds. The number of aromatic amines is 1. The summed E-state index contributed by atoms with van der Waals surface area (Å²) < 4.78 is 5.26. The summed E-state index contributed by atoms with van der Waals surface area (Å²) in [7, 11) is 0. The Morgan fingerprint density at radius 2 is 1.86 bits per heavy atom. The van der Waals surface area contributed by atoms with Gasteiger partial charge in [0.15, 0.2) is 11.8 Å². The number of aryl methyl sites for hydroxylation is 1. The topological polar surface area (TPSA) is 84.1 Å². The molecule has 0 saturated carbocycles. The van der Waals surface area contributed by atoms with Gasteiger partial charge in [-0.05, 0) is 32.0 Å². The average molecular weight is 418 g/mol. The Balaban J connectivity index is 1.68. The SMILES string of the molecule is Cc1[nH]c(-c2ccccc2)nc1C(=O)O[C@@H](C)C(=O)Nc1ccc(Cl)cc1Cl. The van der Waals surface area contributed by atoms with E-state index in [4.69, 9.17) is 27.9 Å². The zero-order valence-electron chi connectivity index (χ0n) is 15.1. The van der Waals surface area contributed by atoms with E-state index in [1.54, 1.807) is 19.1 Å². The van der Waals surface area contributed by atoms with E-state index in [0.29, 0.717) is 22.2 Å². The van der Waals surface area contributed by atoms with E-state index >= 15 is 0 Å². The highest BCUT2D eigenvalue weighted by molar-refractivity contribution is 6.36. The summed E-state index contributed by atoms with van der Waals surface area (Å²) in [6.07, 6.45) is -1.05. The number of hydrogen-bond donors (Lipinski definition) is 2. The maximum atomic E-state index is 12.5. The predicted molar refractivity (Wildman–Crippen MR) is 109 cm³/mol. The van der Waals surface area contributed by atoms with Gasteiger partial charge in [0.05, 0.1) is 10.7 Å². The van der Waals surface area contributed by atoms with E-state index in [0.717, 1.165) is 5.56 Å². The second kappa shape index (κ2) is 8.46. The number of carbonyl (C=O) groups excluding carboxylic acids is 2. The van der Waals surface area contributed by atoms with Crippen LogP contribution in [-0.2, 0) is 9.53 Å². The fourth-order valence-electron chi connectivity index (χ4n) is 2.49. The van der Waals surface area contributed by atoms with Crippen molar-refractivity contribution in [3.8, 4) is 11.4 Å². The van der Waals surface area contributed by atoms with Gasteiger partial charge in [-0.15, -0.1) is 0 Å². The van der Waals surface area contributed by atoms with Crippen molar-refractivity contribution in [2.45, 2.75) is 20.0 Å². The Morgan fingerprint density at radius 3 is 2.54 bits per heavy atom. The monoisotopic (exact) mass is 417 g/mol. The van der Waals surface area contributed by atoms with Crippen LogP contribution in [0, 0.1) is 6.92 Å². The summed E-state index contributed by atoms with van der Waals surface area (Å²) in [5, 5.41) is 3.34. The molecular formula is C20H17Cl2N3O3. The quantitative estimate of drug-likeness (QED) is 0.579. The van der Waals surface area contributed by atoms with Crippen LogP contribution < -0.4 is 5.32 Å². The molecule has 28 heavy (non-hydrogen) atoms. The minimum atomic E-state index is -1.05. The number of hydrogen-bond acceptors (Lipinski definition) is 4. The summed E-state index contributed by atoms with van der Waals surface area (Å²) in [6.45, 7) is 3.19. The van der Waals surface area contributed by atoms with Crippen LogP contribution in [0.4, 0.5) is 5.69 Å². The molecule has 1 aromatic heterocycles. The van der Waals surface area contributed by atoms with E-state index in [1.807, 2.05) is 30.3 Å². The molecule has 0 aliphatic heterocycles. The van der Waals surface area contributed by atoms with Crippen molar-refractivity contribution >= 4 is 40.8 Å². The fourth-order valence-corrected chi connectivity index (χ4v) is 2.94. The maximum Gasteiger partial charge on any atom is 0.359 e. The molecule has 144 valence electrons. The fraction of sp³-hybridized carbons (Fsp3) is 0.150. The summed E-state index contributed by atoms with van der Waals surface area (Å²) in [4.78, 5) is 32.1. The number of nitrogens with zero attached hydrogens (tertiary/aromatic N) is 1. The lowest BCUT2D eigenvalue weighted by Crippen LogP contribution is -2.30. The molecule has 0 aliphatic rings. The number of benzene rings is 2. The van der Waals surface area contributed by atoms with Crippen LogP contribution in [0.5, 0.6) is 0 Å². The van der Waals surface area contributed by atoms with Crippen LogP contribution in [0.2, 0.25) is 10.0 Å². The van der Waals surface area contributed by atoms with Crippen molar-refractivity contribution in [2.24, 2.45) is 0 Å². The molecule has 1 atom stereocenters. The van der Waals surface area contributed by atoms with Crippen molar-refractivity contribution in [3.63, 3.8) is 0 Å². The zero-order chi connectivity index (χ0) is 20.3. The normalized spacial score (nSPS) is 11.7. The van der Waals surface area contributed by atoms with Gasteiger partial charge < -0.3 is 15.0 Å². The number of carbonyl (C=O) groups is 2. The molecule has 0 fully saturated rings. The molecule has 2 aromatic carbocycles. The summed E-state index contributed by atoms with van der Waals surface area (Å²) in [5.41, 5.74) is 1.90. The Bertz CT molecular complexity index is 1020. The molecular weight excluding hydrogens is 401 g/mol. The van der Waals surface area contributed by atoms with Gasteiger partial charge in [-0.25, -0.2) is 9.78 Å². The number of nitrogens with one attached hydrogen (secondary N) is 2.